The smallest absolute Gasteiger partial charge is 0.126 e. The highest BCUT2D eigenvalue weighted by molar-refractivity contribution is 5.43. The zero-order chi connectivity index (χ0) is 11.3. The maximum Gasteiger partial charge on any atom is 0.126 e. The van der Waals surface area contributed by atoms with Crippen LogP contribution in [-0.2, 0) is 0 Å². The molecule has 0 heterocycles. The molecular formula is C11H17NO3. The minimum absolute atomic E-state index is 0.197. The molecule has 4 nitrogen and oxygen atoms in total. The lowest BCUT2D eigenvalue weighted by Crippen LogP contribution is -2.26. The van der Waals surface area contributed by atoms with E-state index in [0.29, 0.717) is 5.75 Å². The Morgan fingerprint density at radius 2 is 2.07 bits per heavy atom. The normalized spacial score (nSPS) is 12.3. The minimum Gasteiger partial charge on any atom is -0.496 e. The largest absolute Gasteiger partial charge is 0.496 e. The van der Waals surface area contributed by atoms with Crippen LogP contribution in [0.3, 0.4) is 0 Å². The molecule has 15 heavy (non-hydrogen) atoms. The highest BCUT2D eigenvalue weighted by Gasteiger charge is 2.07. The number of aliphatic hydroxyl groups excluding tert-OH is 1. The summed E-state index contributed by atoms with van der Waals surface area (Å²) in [6, 6.07) is 5.54. The molecule has 3 N–H and O–H groups in total. The second-order valence-electron chi connectivity index (χ2n) is 3.28. The maximum absolute atomic E-state index is 9.26. The summed E-state index contributed by atoms with van der Waals surface area (Å²) in [7, 11) is 1.61. The zero-order valence-corrected chi connectivity index (χ0v) is 9.06. The number of hydrogen-bond acceptors (Lipinski definition) is 4. The molecule has 0 aliphatic heterocycles. The fraction of sp³-hybridized carbons (Fsp3) is 0.455. The average Bonchev–Trinajstić information content (AvgIpc) is 2.27. The highest BCUT2D eigenvalue weighted by Crippen LogP contribution is 2.26. The quantitative estimate of drug-likeness (QED) is 0.752. The van der Waals surface area contributed by atoms with Gasteiger partial charge in [0.1, 0.15) is 24.2 Å². The molecule has 0 radical (unpaired) electrons. The van der Waals surface area contributed by atoms with Gasteiger partial charge in [-0.3, -0.25) is 0 Å². The third kappa shape index (κ3) is 3.11. The van der Waals surface area contributed by atoms with Crippen LogP contribution < -0.4 is 15.2 Å². The molecular weight excluding hydrogens is 194 g/mol. The van der Waals surface area contributed by atoms with Crippen LogP contribution in [0.4, 0.5) is 0 Å². The fourth-order valence-electron chi connectivity index (χ4n) is 1.23. The molecule has 0 saturated heterocycles. The van der Waals surface area contributed by atoms with Crippen molar-refractivity contribution in [3.63, 3.8) is 0 Å². The summed E-state index contributed by atoms with van der Waals surface area (Å²) in [5, 5.41) is 9.26. The van der Waals surface area contributed by atoms with Gasteiger partial charge in [-0.25, -0.2) is 0 Å². The van der Waals surface area contributed by atoms with Crippen molar-refractivity contribution >= 4 is 0 Å². The van der Waals surface area contributed by atoms with Gasteiger partial charge in [0.15, 0.2) is 0 Å². The van der Waals surface area contributed by atoms with Gasteiger partial charge in [0.05, 0.1) is 7.11 Å². The first-order chi connectivity index (χ1) is 7.19. The van der Waals surface area contributed by atoms with Gasteiger partial charge in [-0.2, -0.15) is 0 Å². The Labute approximate surface area is 89.6 Å². The predicted octanol–water partition coefficient (Wildman–Crippen LogP) is 0.702. The Kier molecular flexibility index (Phi) is 4.39. The van der Waals surface area contributed by atoms with E-state index < -0.39 is 6.10 Å². The minimum atomic E-state index is -0.629. The van der Waals surface area contributed by atoms with E-state index in [9.17, 15) is 5.11 Å². The second kappa shape index (κ2) is 5.58. The van der Waals surface area contributed by atoms with Gasteiger partial charge in [0.2, 0.25) is 0 Å². The molecule has 0 aliphatic carbocycles. The van der Waals surface area contributed by atoms with Crippen molar-refractivity contribution < 1.29 is 14.6 Å². The van der Waals surface area contributed by atoms with Crippen LogP contribution >= 0.6 is 0 Å². The molecule has 1 aromatic carbocycles. The molecule has 1 rings (SSSR count). The molecule has 0 fully saturated rings. The van der Waals surface area contributed by atoms with E-state index in [4.69, 9.17) is 15.2 Å². The fourth-order valence-corrected chi connectivity index (χ4v) is 1.23. The van der Waals surface area contributed by atoms with E-state index in [-0.39, 0.29) is 13.2 Å². The Morgan fingerprint density at radius 1 is 1.40 bits per heavy atom. The molecule has 0 bridgehead atoms. The van der Waals surface area contributed by atoms with Crippen LogP contribution in [0, 0.1) is 6.92 Å². The van der Waals surface area contributed by atoms with Gasteiger partial charge in [0.25, 0.3) is 0 Å². The number of rotatable bonds is 5. The number of methoxy groups -OCH3 is 1. The lowest BCUT2D eigenvalue weighted by molar-refractivity contribution is 0.113. The van der Waals surface area contributed by atoms with Crippen molar-refractivity contribution in [1.82, 2.24) is 0 Å². The van der Waals surface area contributed by atoms with Crippen LogP contribution in [0.15, 0.2) is 18.2 Å². The van der Waals surface area contributed by atoms with Gasteiger partial charge in [-0.1, -0.05) is 6.07 Å². The summed E-state index contributed by atoms with van der Waals surface area (Å²) in [4.78, 5) is 0. The van der Waals surface area contributed by atoms with Crippen molar-refractivity contribution in [3.05, 3.63) is 23.8 Å². The van der Waals surface area contributed by atoms with E-state index in [1.165, 1.54) is 0 Å². The Morgan fingerprint density at radius 3 is 2.67 bits per heavy atom. The lowest BCUT2D eigenvalue weighted by atomic mass is 10.2. The third-order valence-corrected chi connectivity index (χ3v) is 2.16. The predicted molar refractivity (Wildman–Crippen MR) is 58.3 cm³/mol. The van der Waals surface area contributed by atoms with Gasteiger partial charge in [0, 0.05) is 12.1 Å². The van der Waals surface area contributed by atoms with Crippen LogP contribution in [0.2, 0.25) is 0 Å². The van der Waals surface area contributed by atoms with Crippen molar-refractivity contribution in [3.8, 4) is 11.5 Å². The molecule has 1 aromatic rings. The molecule has 0 saturated carbocycles. The summed E-state index contributed by atoms with van der Waals surface area (Å²) in [6.45, 7) is 2.30. The summed E-state index contributed by atoms with van der Waals surface area (Å²) in [6.07, 6.45) is -0.629. The van der Waals surface area contributed by atoms with Gasteiger partial charge < -0.3 is 20.3 Å². The lowest BCUT2D eigenvalue weighted by Gasteiger charge is -2.13. The molecule has 1 atom stereocenters. The zero-order valence-electron chi connectivity index (χ0n) is 9.06. The van der Waals surface area contributed by atoms with Crippen molar-refractivity contribution in [2.45, 2.75) is 13.0 Å². The summed E-state index contributed by atoms with van der Waals surface area (Å²) < 4.78 is 10.6. The molecule has 0 spiro atoms. The monoisotopic (exact) mass is 211 g/mol. The average molecular weight is 211 g/mol. The molecule has 1 unspecified atom stereocenters. The van der Waals surface area contributed by atoms with E-state index in [2.05, 4.69) is 0 Å². The summed E-state index contributed by atoms with van der Waals surface area (Å²) in [5.41, 5.74) is 6.20. The Balaban J connectivity index is 2.68. The van der Waals surface area contributed by atoms with Crippen molar-refractivity contribution in [2.75, 3.05) is 20.3 Å². The van der Waals surface area contributed by atoms with Gasteiger partial charge in [-0.15, -0.1) is 0 Å². The number of nitrogens with two attached hydrogens (primary N) is 1. The van der Waals surface area contributed by atoms with Crippen LogP contribution in [0.25, 0.3) is 0 Å². The molecule has 4 heteroatoms. The maximum atomic E-state index is 9.26. The highest BCUT2D eigenvalue weighted by atomic mass is 16.5. The number of aliphatic hydroxyl groups is 1. The van der Waals surface area contributed by atoms with Crippen LogP contribution in [0.1, 0.15) is 5.56 Å². The van der Waals surface area contributed by atoms with Crippen LogP contribution in [0.5, 0.6) is 11.5 Å². The molecule has 84 valence electrons. The first-order valence-electron chi connectivity index (χ1n) is 4.83. The van der Waals surface area contributed by atoms with Gasteiger partial charge in [-0.05, 0) is 19.1 Å². The number of benzene rings is 1. The van der Waals surface area contributed by atoms with E-state index in [0.717, 1.165) is 11.3 Å². The van der Waals surface area contributed by atoms with Gasteiger partial charge >= 0.3 is 0 Å². The first-order valence-corrected chi connectivity index (χ1v) is 4.83. The first kappa shape index (κ1) is 11.8. The SMILES string of the molecule is COc1cccc(OCC(O)CN)c1C. The molecule has 0 aliphatic rings. The third-order valence-electron chi connectivity index (χ3n) is 2.16. The summed E-state index contributed by atoms with van der Waals surface area (Å²) in [5.74, 6) is 1.48. The van der Waals surface area contributed by atoms with E-state index in [1.54, 1.807) is 7.11 Å². The Bertz CT molecular complexity index is 315. The topological polar surface area (TPSA) is 64.7 Å². The standard InChI is InChI=1S/C11H17NO3/c1-8-10(14-2)4-3-5-11(8)15-7-9(13)6-12/h3-5,9,13H,6-7,12H2,1-2H3. The van der Waals surface area contributed by atoms with Crippen molar-refractivity contribution in [2.24, 2.45) is 5.73 Å². The second-order valence-corrected chi connectivity index (χ2v) is 3.28. The molecule has 0 aromatic heterocycles. The number of hydrogen-bond donors (Lipinski definition) is 2. The number of ether oxygens (including phenoxy) is 2. The van der Waals surface area contributed by atoms with Crippen molar-refractivity contribution in [1.29, 1.82) is 0 Å². The summed E-state index contributed by atoms with van der Waals surface area (Å²) >= 11 is 0. The Hall–Kier alpha value is -1.26. The van der Waals surface area contributed by atoms with Crippen LogP contribution in [-0.4, -0.2) is 31.5 Å². The molecule has 0 amide bonds. The van der Waals surface area contributed by atoms with E-state index >= 15 is 0 Å². The van der Waals surface area contributed by atoms with E-state index in [1.807, 2.05) is 25.1 Å².